The van der Waals surface area contributed by atoms with E-state index in [1.807, 2.05) is 39.0 Å². The molecule has 0 saturated carbocycles. The van der Waals surface area contributed by atoms with E-state index in [0.29, 0.717) is 11.1 Å². The van der Waals surface area contributed by atoms with Crippen molar-refractivity contribution in [3.8, 4) is 0 Å². The molecule has 19 heavy (non-hydrogen) atoms. The van der Waals surface area contributed by atoms with Crippen LogP contribution in [0, 0.1) is 20.8 Å². The Morgan fingerprint density at radius 3 is 1.89 bits per heavy atom. The summed E-state index contributed by atoms with van der Waals surface area (Å²) in [5.41, 5.74) is 3.69. The van der Waals surface area contributed by atoms with Gasteiger partial charge in [0, 0.05) is 11.1 Å². The van der Waals surface area contributed by atoms with E-state index in [1.54, 1.807) is 24.3 Å². The molecule has 0 fully saturated rings. The third-order valence-electron chi connectivity index (χ3n) is 3.45. The second-order valence-corrected chi connectivity index (χ2v) is 4.72. The van der Waals surface area contributed by atoms with Gasteiger partial charge in [0.25, 0.3) is 0 Å². The van der Waals surface area contributed by atoms with Crippen molar-refractivity contribution in [2.75, 3.05) is 0 Å². The minimum atomic E-state index is -0.438. The smallest absolute Gasteiger partial charge is 0.233 e. The maximum atomic E-state index is 12.3. The number of ketones is 2. The third kappa shape index (κ3) is 2.48. The highest BCUT2D eigenvalue weighted by Crippen LogP contribution is 2.17. The van der Waals surface area contributed by atoms with E-state index in [-0.39, 0.29) is 0 Å². The van der Waals surface area contributed by atoms with Gasteiger partial charge >= 0.3 is 0 Å². The average molecular weight is 252 g/mol. The first-order valence-corrected chi connectivity index (χ1v) is 6.23. The number of hydrogen-bond acceptors (Lipinski definition) is 2. The van der Waals surface area contributed by atoms with Crippen LogP contribution >= 0.6 is 0 Å². The molecule has 2 aromatic carbocycles. The quantitative estimate of drug-likeness (QED) is 0.617. The number of rotatable bonds is 3. The molecule has 96 valence electrons. The number of hydrogen-bond donors (Lipinski definition) is 0. The lowest BCUT2D eigenvalue weighted by atomic mass is 9.94. The van der Waals surface area contributed by atoms with Gasteiger partial charge in [0.1, 0.15) is 0 Å². The maximum Gasteiger partial charge on any atom is 0.233 e. The van der Waals surface area contributed by atoms with Crippen LogP contribution in [0.4, 0.5) is 0 Å². The molecule has 0 spiro atoms. The zero-order valence-electron chi connectivity index (χ0n) is 11.4. The van der Waals surface area contributed by atoms with Gasteiger partial charge in [-0.3, -0.25) is 9.59 Å². The summed E-state index contributed by atoms with van der Waals surface area (Å²) in [6.45, 7) is 5.64. The predicted molar refractivity (Wildman–Crippen MR) is 75.8 cm³/mol. The number of carbonyl (C=O) groups is 2. The van der Waals surface area contributed by atoms with E-state index in [1.165, 1.54) is 0 Å². The molecule has 2 heteroatoms. The molecule has 2 rings (SSSR count). The second-order valence-electron chi connectivity index (χ2n) is 4.72. The largest absolute Gasteiger partial charge is 0.285 e. The van der Waals surface area contributed by atoms with E-state index >= 15 is 0 Å². The Balaban J connectivity index is 2.43. The first-order valence-electron chi connectivity index (χ1n) is 6.23. The molecule has 0 heterocycles. The van der Waals surface area contributed by atoms with Gasteiger partial charge in [-0.2, -0.15) is 0 Å². The van der Waals surface area contributed by atoms with Crippen LogP contribution in [0.5, 0.6) is 0 Å². The molecule has 0 unspecified atom stereocenters. The van der Waals surface area contributed by atoms with Gasteiger partial charge in [0.2, 0.25) is 11.6 Å². The lowest BCUT2D eigenvalue weighted by Crippen LogP contribution is -2.17. The van der Waals surface area contributed by atoms with Crippen molar-refractivity contribution >= 4 is 11.6 Å². The summed E-state index contributed by atoms with van der Waals surface area (Å²) in [5, 5.41) is 0. The topological polar surface area (TPSA) is 34.1 Å². The van der Waals surface area contributed by atoms with Crippen molar-refractivity contribution in [2.24, 2.45) is 0 Å². The van der Waals surface area contributed by atoms with Gasteiger partial charge in [0.05, 0.1) is 0 Å². The van der Waals surface area contributed by atoms with E-state index in [4.69, 9.17) is 0 Å². The molecule has 0 aromatic heterocycles. The first kappa shape index (κ1) is 13.2. The van der Waals surface area contributed by atoms with Crippen LogP contribution in [0.3, 0.4) is 0 Å². The minimum absolute atomic E-state index is 0.435. The van der Waals surface area contributed by atoms with Gasteiger partial charge in [-0.15, -0.1) is 0 Å². The number of carbonyl (C=O) groups excluding carboxylic acids is 2. The van der Waals surface area contributed by atoms with E-state index in [2.05, 4.69) is 0 Å². The lowest BCUT2D eigenvalue weighted by molar-refractivity contribution is 0.0816. The summed E-state index contributed by atoms with van der Waals surface area (Å²) in [7, 11) is 0. The van der Waals surface area contributed by atoms with E-state index in [9.17, 15) is 9.59 Å². The summed E-state index contributed by atoms with van der Waals surface area (Å²) in [6.07, 6.45) is 0. The van der Waals surface area contributed by atoms with Crippen molar-refractivity contribution in [3.63, 3.8) is 0 Å². The highest BCUT2D eigenvalue weighted by molar-refractivity contribution is 6.49. The highest BCUT2D eigenvalue weighted by Gasteiger charge is 2.21. The number of aryl methyl sites for hydroxylation is 2. The molecular formula is C17H16O2. The Hall–Kier alpha value is -2.22. The van der Waals surface area contributed by atoms with E-state index < -0.39 is 11.6 Å². The van der Waals surface area contributed by atoms with Gasteiger partial charge in [-0.25, -0.2) is 0 Å². The number of benzene rings is 2. The second kappa shape index (κ2) is 5.19. The molecule has 0 aliphatic carbocycles. The predicted octanol–water partition coefficient (Wildman–Crippen LogP) is 3.68. The molecule has 0 saturated heterocycles. The summed E-state index contributed by atoms with van der Waals surface area (Å²) >= 11 is 0. The Bertz CT molecular complexity index is 654. The van der Waals surface area contributed by atoms with Crippen LogP contribution < -0.4 is 0 Å². The average Bonchev–Trinajstić information content (AvgIpc) is 2.41. The molecule has 0 bridgehead atoms. The highest BCUT2D eigenvalue weighted by atomic mass is 16.2. The van der Waals surface area contributed by atoms with Crippen LogP contribution in [0.2, 0.25) is 0 Å². The van der Waals surface area contributed by atoms with Gasteiger partial charge in [-0.05, 0) is 37.5 Å². The fourth-order valence-electron chi connectivity index (χ4n) is 2.07. The van der Waals surface area contributed by atoms with Crippen molar-refractivity contribution in [3.05, 3.63) is 70.3 Å². The van der Waals surface area contributed by atoms with Gasteiger partial charge < -0.3 is 0 Å². The fraction of sp³-hybridized carbons (Fsp3) is 0.176. The van der Waals surface area contributed by atoms with Crippen LogP contribution in [0.1, 0.15) is 37.4 Å². The molecule has 0 atom stereocenters. The summed E-state index contributed by atoms with van der Waals surface area (Å²) in [5.74, 6) is -0.873. The zero-order chi connectivity index (χ0) is 14.0. The maximum absolute atomic E-state index is 12.3. The van der Waals surface area contributed by atoms with Gasteiger partial charge in [-0.1, -0.05) is 42.5 Å². The molecule has 2 nitrogen and oxygen atoms in total. The summed E-state index contributed by atoms with van der Waals surface area (Å²) in [6, 6.07) is 12.6. The van der Waals surface area contributed by atoms with Crippen LogP contribution in [0.15, 0.2) is 42.5 Å². The summed E-state index contributed by atoms with van der Waals surface area (Å²) < 4.78 is 0. The van der Waals surface area contributed by atoms with Crippen molar-refractivity contribution in [2.45, 2.75) is 20.8 Å². The molecule has 0 amide bonds. The fourth-order valence-corrected chi connectivity index (χ4v) is 2.07. The van der Waals surface area contributed by atoms with Crippen LogP contribution in [-0.4, -0.2) is 11.6 Å². The molecular weight excluding hydrogens is 236 g/mol. The van der Waals surface area contributed by atoms with Crippen molar-refractivity contribution < 1.29 is 9.59 Å². The normalized spacial score (nSPS) is 10.3. The van der Waals surface area contributed by atoms with Crippen molar-refractivity contribution in [1.29, 1.82) is 0 Å². The zero-order valence-corrected chi connectivity index (χ0v) is 11.4. The minimum Gasteiger partial charge on any atom is -0.285 e. The van der Waals surface area contributed by atoms with Crippen molar-refractivity contribution in [1.82, 2.24) is 0 Å². The first-order chi connectivity index (χ1) is 9.02. The molecule has 0 N–H and O–H groups in total. The SMILES string of the molecule is Cc1ccccc1C(=O)C(=O)c1cccc(C)c1C. The summed E-state index contributed by atoms with van der Waals surface area (Å²) in [4.78, 5) is 24.6. The Labute approximate surface area is 113 Å². The van der Waals surface area contributed by atoms with Crippen LogP contribution in [0.25, 0.3) is 0 Å². The Morgan fingerprint density at radius 1 is 0.684 bits per heavy atom. The molecule has 0 aliphatic heterocycles. The monoisotopic (exact) mass is 252 g/mol. The van der Waals surface area contributed by atoms with Gasteiger partial charge in [0.15, 0.2) is 0 Å². The molecule has 0 aliphatic rings. The lowest BCUT2D eigenvalue weighted by Gasteiger charge is -2.08. The Kier molecular flexibility index (Phi) is 3.61. The molecule has 0 radical (unpaired) electrons. The standard InChI is InChI=1S/C17H16O2/c1-11-8-6-10-15(13(11)3)17(19)16(18)14-9-5-4-7-12(14)2/h4-10H,1-3H3. The number of Topliss-reactive ketones (excluding diaryl/α,β-unsaturated/α-hetero) is 2. The third-order valence-corrected chi connectivity index (χ3v) is 3.45. The molecule has 2 aromatic rings. The van der Waals surface area contributed by atoms with Crippen LogP contribution in [-0.2, 0) is 0 Å². The Morgan fingerprint density at radius 2 is 1.21 bits per heavy atom. The van der Waals surface area contributed by atoms with E-state index in [0.717, 1.165) is 16.7 Å².